The zero-order valence-corrected chi connectivity index (χ0v) is 15.3. The van der Waals surface area contributed by atoms with Crippen molar-refractivity contribution >= 4 is 28.0 Å². The summed E-state index contributed by atoms with van der Waals surface area (Å²) in [6, 6.07) is 12.3. The number of H-pyrrole nitrogens is 2. The summed E-state index contributed by atoms with van der Waals surface area (Å²) >= 11 is 0. The molecule has 7 heteroatoms. The number of nitrogens with one attached hydrogen (secondary N) is 2. The van der Waals surface area contributed by atoms with Crippen molar-refractivity contribution in [2.75, 3.05) is 6.54 Å². The fourth-order valence-electron chi connectivity index (χ4n) is 4.00. The molecule has 3 heterocycles. The van der Waals surface area contributed by atoms with Crippen LogP contribution in [-0.4, -0.2) is 37.3 Å². The van der Waals surface area contributed by atoms with Gasteiger partial charge in [0.2, 0.25) is 5.91 Å². The maximum atomic E-state index is 13.4. The van der Waals surface area contributed by atoms with Crippen molar-refractivity contribution < 1.29 is 9.18 Å². The normalized spacial score (nSPS) is 17.0. The van der Waals surface area contributed by atoms with E-state index in [2.05, 4.69) is 19.9 Å². The summed E-state index contributed by atoms with van der Waals surface area (Å²) in [5.41, 5.74) is 3.28. The van der Waals surface area contributed by atoms with Crippen molar-refractivity contribution in [3.05, 3.63) is 59.9 Å². The Kier molecular flexibility index (Phi) is 4.07. The van der Waals surface area contributed by atoms with E-state index in [4.69, 9.17) is 0 Å². The number of halogens is 1. The van der Waals surface area contributed by atoms with Gasteiger partial charge >= 0.3 is 0 Å². The second-order valence-electron chi connectivity index (χ2n) is 7.23. The van der Waals surface area contributed by atoms with Gasteiger partial charge in [-0.1, -0.05) is 12.1 Å². The minimum atomic E-state index is -0.298. The van der Waals surface area contributed by atoms with Crippen LogP contribution in [0, 0.1) is 5.82 Å². The number of amides is 1. The smallest absolute Gasteiger partial charge is 0.223 e. The van der Waals surface area contributed by atoms with Crippen LogP contribution >= 0.6 is 0 Å². The van der Waals surface area contributed by atoms with Crippen molar-refractivity contribution in [3.8, 4) is 0 Å². The van der Waals surface area contributed by atoms with E-state index in [9.17, 15) is 9.18 Å². The molecule has 0 radical (unpaired) electrons. The fourth-order valence-corrected chi connectivity index (χ4v) is 4.00. The predicted molar refractivity (Wildman–Crippen MR) is 104 cm³/mol. The molecule has 2 aromatic heterocycles. The third kappa shape index (κ3) is 3.02. The maximum absolute atomic E-state index is 13.4. The molecule has 0 aliphatic carbocycles. The number of para-hydroxylation sites is 2. The third-order valence-electron chi connectivity index (χ3n) is 5.37. The van der Waals surface area contributed by atoms with Crippen LogP contribution in [0.4, 0.5) is 4.39 Å². The van der Waals surface area contributed by atoms with Gasteiger partial charge in [-0.3, -0.25) is 4.79 Å². The molecule has 0 saturated carbocycles. The fraction of sp³-hybridized carbons (Fsp3) is 0.286. The number of hydrogen-bond acceptors (Lipinski definition) is 3. The van der Waals surface area contributed by atoms with E-state index in [-0.39, 0.29) is 17.8 Å². The van der Waals surface area contributed by atoms with Crippen LogP contribution in [0.15, 0.2) is 42.5 Å². The molecule has 1 unspecified atom stereocenters. The number of hydrogen-bond donors (Lipinski definition) is 2. The van der Waals surface area contributed by atoms with Gasteiger partial charge in [-0.2, -0.15) is 0 Å². The number of likely N-dealkylation sites (tertiary alicyclic amines) is 1. The molecule has 0 bridgehead atoms. The Morgan fingerprint density at radius 3 is 2.86 bits per heavy atom. The van der Waals surface area contributed by atoms with Crippen molar-refractivity contribution in [3.63, 3.8) is 0 Å². The number of aryl methyl sites for hydroxylation is 1. The second-order valence-corrected chi connectivity index (χ2v) is 7.23. The first-order chi connectivity index (χ1) is 13.7. The molecule has 1 saturated heterocycles. The number of benzene rings is 2. The van der Waals surface area contributed by atoms with Crippen LogP contribution in [0.3, 0.4) is 0 Å². The number of aromatic nitrogens is 4. The standard InChI is InChI=1S/C21H20FN5O/c22-13-7-8-16-17(12-13)26-21(25-16)18-6-3-11-27(18)20(28)10-9-19-23-14-4-1-2-5-15(14)24-19/h1-2,4-5,7-8,12,18H,3,6,9-11H2,(H,23,24)(H,25,26). The molecule has 0 spiro atoms. The van der Waals surface area contributed by atoms with Crippen molar-refractivity contribution in [2.24, 2.45) is 0 Å². The molecular formula is C21H20FN5O. The summed E-state index contributed by atoms with van der Waals surface area (Å²) < 4.78 is 13.4. The highest BCUT2D eigenvalue weighted by Crippen LogP contribution is 2.32. The quantitative estimate of drug-likeness (QED) is 0.567. The van der Waals surface area contributed by atoms with E-state index >= 15 is 0 Å². The van der Waals surface area contributed by atoms with E-state index in [0.29, 0.717) is 18.4 Å². The molecule has 1 aliphatic rings. The number of fused-ring (bicyclic) bond motifs is 2. The molecular weight excluding hydrogens is 357 g/mol. The average Bonchev–Trinajstić information content (AvgIpc) is 3.41. The van der Waals surface area contributed by atoms with E-state index in [0.717, 1.165) is 47.6 Å². The Balaban J connectivity index is 1.31. The highest BCUT2D eigenvalue weighted by atomic mass is 19.1. The molecule has 1 atom stereocenters. The Morgan fingerprint density at radius 1 is 1.11 bits per heavy atom. The molecule has 2 N–H and O–H groups in total. The number of carbonyl (C=O) groups is 1. The topological polar surface area (TPSA) is 77.7 Å². The Hall–Kier alpha value is -3.22. The number of carbonyl (C=O) groups excluding carboxylic acids is 1. The SMILES string of the molecule is O=C(CCc1nc2ccccc2[nH]1)N1CCCC1c1nc2ccc(F)cc2[nH]1. The summed E-state index contributed by atoms with van der Waals surface area (Å²) in [5.74, 6) is 1.35. The monoisotopic (exact) mass is 377 g/mol. The minimum Gasteiger partial charge on any atom is -0.342 e. The zero-order chi connectivity index (χ0) is 19.1. The number of imidazole rings is 2. The summed E-state index contributed by atoms with van der Waals surface area (Å²) in [7, 11) is 0. The lowest BCUT2D eigenvalue weighted by Crippen LogP contribution is -2.31. The number of nitrogens with zero attached hydrogens (tertiary/aromatic N) is 3. The Morgan fingerprint density at radius 2 is 1.96 bits per heavy atom. The summed E-state index contributed by atoms with van der Waals surface area (Å²) in [4.78, 5) is 30.3. The largest absolute Gasteiger partial charge is 0.342 e. The van der Waals surface area contributed by atoms with Gasteiger partial charge in [-0.25, -0.2) is 14.4 Å². The molecule has 28 heavy (non-hydrogen) atoms. The van der Waals surface area contributed by atoms with Crippen molar-refractivity contribution in [2.45, 2.75) is 31.7 Å². The first kappa shape index (κ1) is 16.9. The summed E-state index contributed by atoms with van der Waals surface area (Å²) in [6.45, 7) is 0.717. The molecule has 1 aliphatic heterocycles. The van der Waals surface area contributed by atoms with E-state index in [1.54, 1.807) is 6.07 Å². The molecule has 1 fully saturated rings. The molecule has 142 valence electrons. The zero-order valence-electron chi connectivity index (χ0n) is 15.3. The lowest BCUT2D eigenvalue weighted by Gasteiger charge is -2.23. The molecule has 1 amide bonds. The summed E-state index contributed by atoms with van der Waals surface area (Å²) in [5, 5.41) is 0. The van der Waals surface area contributed by atoms with Crippen LogP contribution in [0.2, 0.25) is 0 Å². The second kappa shape index (κ2) is 6.74. The van der Waals surface area contributed by atoms with Crippen LogP contribution < -0.4 is 0 Å². The highest BCUT2D eigenvalue weighted by Gasteiger charge is 2.31. The Bertz CT molecular complexity index is 1130. The third-order valence-corrected chi connectivity index (χ3v) is 5.37. The molecule has 4 aromatic rings. The number of rotatable bonds is 4. The minimum absolute atomic E-state index is 0.0846. The van der Waals surface area contributed by atoms with Crippen molar-refractivity contribution in [1.82, 2.24) is 24.8 Å². The van der Waals surface area contributed by atoms with E-state index < -0.39 is 0 Å². The van der Waals surface area contributed by atoms with E-state index in [1.165, 1.54) is 12.1 Å². The Labute approximate surface area is 160 Å². The van der Waals surface area contributed by atoms with Gasteiger partial charge in [0.05, 0.1) is 28.1 Å². The number of aromatic amines is 2. The maximum Gasteiger partial charge on any atom is 0.223 e. The van der Waals surface area contributed by atoms with Gasteiger partial charge < -0.3 is 14.9 Å². The lowest BCUT2D eigenvalue weighted by molar-refractivity contribution is -0.132. The van der Waals surface area contributed by atoms with Gasteiger partial charge in [0.1, 0.15) is 17.5 Å². The first-order valence-corrected chi connectivity index (χ1v) is 9.55. The predicted octanol–water partition coefficient (Wildman–Crippen LogP) is 3.87. The van der Waals surface area contributed by atoms with Gasteiger partial charge in [0.25, 0.3) is 0 Å². The van der Waals surface area contributed by atoms with Gasteiger partial charge in [-0.15, -0.1) is 0 Å². The summed E-state index contributed by atoms with van der Waals surface area (Å²) in [6.07, 6.45) is 2.76. The van der Waals surface area contributed by atoms with Crippen LogP contribution in [0.1, 0.15) is 37.0 Å². The molecule has 5 rings (SSSR count). The van der Waals surface area contributed by atoms with Crippen LogP contribution in [0.5, 0.6) is 0 Å². The highest BCUT2D eigenvalue weighted by molar-refractivity contribution is 5.79. The first-order valence-electron chi connectivity index (χ1n) is 9.55. The van der Waals surface area contributed by atoms with Crippen molar-refractivity contribution in [1.29, 1.82) is 0 Å². The van der Waals surface area contributed by atoms with Crippen LogP contribution in [-0.2, 0) is 11.2 Å². The van der Waals surface area contributed by atoms with E-state index in [1.807, 2.05) is 29.2 Å². The van der Waals surface area contributed by atoms with Crippen LogP contribution in [0.25, 0.3) is 22.1 Å². The van der Waals surface area contributed by atoms with Gasteiger partial charge in [0.15, 0.2) is 0 Å². The molecule has 6 nitrogen and oxygen atoms in total. The van der Waals surface area contributed by atoms with Gasteiger partial charge in [-0.05, 0) is 43.2 Å². The van der Waals surface area contributed by atoms with Gasteiger partial charge in [0, 0.05) is 19.4 Å². The lowest BCUT2D eigenvalue weighted by atomic mass is 10.2. The average molecular weight is 377 g/mol. The molecule has 2 aromatic carbocycles.